The molecule has 29 heavy (non-hydrogen) atoms. The Morgan fingerprint density at radius 1 is 1.24 bits per heavy atom. The third-order valence-electron chi connectivity index (χ3n) is 5.82. The molecule has 1 aliphatic heterocycles. The lowest BCUT2D eigenvalue weighted by atomic mass is 10.1. The highest BCUT2D eigenvalue weighted by Gasteiger charge is 2.35. The molecule has 0 bridgehead atoms. The van der Waals surface area contributed by atoms with E-state index in [0.29, 0.717) is 18.5 Å². The molecule has 1 unspecified atom stereocenters. The van der Waals surface area contributed by atoms with Gasteiger partial charge in [0.05, 0.1) is 6.61 Å². The molecule has 6 nitrogen and oxygen atoms in total. The second-order valence-electron chi connectivity index (χ2n) is 7.97. The van der Waals surface area contributed by atoms with E-state index in [0.717, 1.165) is 39.0 Å². The van der Waals surface area contributed by atoms with E-state index in [4.69, 9.17) is 10.1 Å². The summed E-state index contributed by atoms with van der Waals surface area (Å²) in [6, 6.07) is 13.1. The summed E-state index contributed by atoms with van der Waals surface area (Å²) in [6.45, 7) is 3.82. The van der Waals surface area contributed by atoms with E-state index in [1.165, 1.54) is 22.0 Å². The van der Waals surface area contributed by atoms with Crippen molar-refractivity contribution in [3.05, 3.63) is 66.1 Å². The number of amidine groups is 1. The topological polar surface area (TPSA) is 66.2 Å². The van der Waals surface area contributed by atoms with Crippen LogP contribution in [0.25, 0.3) is 10.9 Å². The zero-order valence-electron chi connectivity index (χ0n) is 16.6. The van der Waals surface area contributed by atoms with Crippen molar-refractivity contribution >= 4 is 16.7 Å². The number of ether oxygens (including phenoxy) is 1. The molecule has 1 atom stereocenters. The molecule has 2 fully saturated rings. The Labute approximate surface area is 171 Å². The first kappa shape index (κ1) is 18.3. The first-order chi connectivity index (χ1) is 14.3. The number of benzene rings is 1. The molecule has 0 radical (unpaired) electrons. The van der Waals surface area contributed by atoms with E-state index in [1.807, 2.05) is 18.5 Å². The molecular formula is C23H27N5O. The molecule has 6 heteroatoms. The summed E-state index contributed by atoms with van der Waals surface area (Å²) in [7, 11) is 0. The monoisotopic (exact) mass is 389 g/mol. The van der Waals surface area contributed by atoms with E-state index in [-0.39, 0.29) is 6.10 Å². The highest BCUT2D eigenvalue weighted by atomic mass is 16.5. The second kappa shape index (κ2) is 7.97. The Morgan fingerprint density at radius 3 is 2.90 bits per heavy atom. The van der Waals surface area contributed by atoms with Crippen LogP contribution in [0.3, 0.4) is 0 Å². The highest BCUT2D eigenvalue weighted by Crippen LogP contribution is 2.32. The van der Waals surface area contributed by atoms with Gasteiger partial charge < -0.3 is 19.5 Å². The number of morpholine rings is 1. The zero-order chi connectivity index (χ0) is 19.6. The smallest absolute Gasteiger partial charge is 0.127 e. The second-order valence-corrected chi connectivity index (χ2v) is 7.97. The molecule has 150 valence electrons. The molecule has 1 aromatic carbocycles. The molecule has 3 heterocycles. The largest absolute Gasteiger partial charge is 0.368 e. The molecule has 0 amide bonds. The lowest BCUT2D eigenvalue weighted by molar-refractivity contribution is 0.0613. The van der Waals surface area contributed by atoms with Crippen molar-refractivity contribution in [2.24, 2.45) is 0 Å². The third-order valence-corrected chi connectivity index (χ3v) is 5.82. The first-order valence-electron chi connectivity index (χ1n) is 10.4. The van der Waals surface area contributed by atoms with Gasteiger partial charge in [-0.3, -0.25) is 10.4 Å². The minimum Gasteiger partial charge on any atom is -0.368 e. The van der Waals surface area contributed by atoms with Gasteiger partial charge in [0, 0.05) is 61.7 Å². The predicted octanol–water partition coefficient (Wildman–Crippen LogP) is 3.01. The fourth-order valence-electron chi connectivity index (χ4n) is 4.17. The van der Waals surface area contributed by atoms with Crippen molar-refractivity contribution in [2.75, 3.05) is 19.7 Å². The normalized spacial score (nSPS) is 19.4. The molecule has 1 saturated carbocycles. The molecule has 1 aliphatic carbocycles. The minimum absolute atomic E-state index is 0.145. The Morgan fingerprint density at radius 2 is 2.14 bits per heavy atom. The van der Waals surface area contributed by atoms with Crippen molar-refractivity contribution < 1.29 is 4.74 Å². The Balaban J connectivity index is 1.43. The van der Waals surface area contributed by atoms with Crippen molar-refractivity contribution in [1.82, 2.24) is 19.8 Å². The van der Waals surface area contributed by atoms with Crippen LogP contribution in [0.4, 0.5) is 0 Å². The summed E-state index contributed by atoms with van der Waals surface area (Å²) in [4.78, 5) is 6.51. The summed E-state index contributed by atoms with van der Waals surface area (Å²) in [5, 5.41) is 13.4. The predicted molar refractivity (Wildman–Crippen MR) is 114 cm³/mol. The SMILES string of the molecule is N=C(C1CNCCO1)N(Cc1cn(Cc2cccnc2)c2ccccc12)C1CC1. The van der Waals surface area contributed by atoms with Crippen molar-refractivity contribution in [1.29, 1.82) is 5.41 Å². The van der Waals surface area contributed by atoms with Crippen LogP contribution in [-0.2, 0) is 17.8 Å². The van der Waals surface area contributed by atoms with Crippen molar-refractivity contribution in [2.45, 2.75) is 38.1 Å². The van der Waals surface area contributed by atoms with Gasteiger partial charge in [0.2, 0.25) is 0 Å². The van der Waals surface area contributed by atoms with Crippen molar-refractivity contribution in [3.8, 4) is 0 Å². The van der Waals surface area contributed by atoms with Crippen LogP contribution in [0, 0.1) is 5.41 Å². The average molecular weight is 390 g/mol. The summed E-state index contributed by atoms with van der Waals surface area (Å²) >= 11 is 0. The fourth-order valence-corrected chi connectivity index (χ4v) is 4.17. The summed E-state index contributed by atoms with van der Waals surface area (Å²) in [5.74, 6) is 0.615. The number of nitrogens with zero attached hydrogens (tertiary/aromatic N) is 3. The average Bonchev–Trinajstić information content (AvgIpc) is 3.57. The standard InChI is InChI=1S/C23H27N5O/c24-23(22-13-26-10-11-29-22)28(19-7-8-19)16-18-15-27(14-17-4-3-9-25-12-17)21-6-2-1-5-20(18)21/h1-6,9,12,15,19,22,24,26H,7-8,10-11,13-14,16H2. The van der Waals surface area contributed by atoms with Crippen LogP contribution < -0.4 is 5.32 Å². The Bertz CT molecular complexity index is 989. The number of aromatic nitrogens is 2. The van der Waals surface area contributed by atoms with Gasteiger partial charge >= 0.3 is 0 Å². The number of nitrogens with one attached hydrogen (secondary N) is 2. The van der Waals surface area contributed by atoms with Gasteiger partial charge in [-0.05, 0) is 36.1 Å². The third kappa shape index (κ3) is 3.91. The molecule has 0 spiro atoms. The van der Waals surface area contributed by atoms with E-state index in [2.05, 4.69) is 56.3 Å². The number of hydrogen-bond acceptors (Lipinski definition) is 4. The number of hydrogen-bond donors (Lipinski definition) is 2. The lowest BCUT2D eigenvalue weighted by Crippen LogP contribution is -2.49. The highest BCUT2D eigenvalue weighted by molar-refractivity contribution is 5.87. The van der Waals surface area contributed by atoms with E-state index >= 15 is 0 Å². The number of rotatable bonds is 6. The van der Waals surface area contributed by atoms with Gasteiger partial charge in [-0.15, -0.1) is 0 Å². The maximum Gasteiger partial charge on any atom is 0.127 e. The number of fused-ring (bicyclic) bond motifs is 1. The first-order valence-corrected chi connectivity index (χ1v) is 10.4. The number of para-hydroxylation sites is 1. The molecule has 2 aliphatic rings. The van der Waals surface area contributed by atoms with Gasteiger partial charge in [-0.1, -0.05) is 24.3 Å². The van der Waals surface area contributed by atoms with E-state index in [1.54, 1.807) is 0 Å². The molecule has 2 aromatic heterocycles. The number of pyridine rings is 1. The fraction of sp³-hybridized carbons (Fsp3) is 0.391. The van der Waals surface area contributed by atoms with Crippen LogP contribution in [0.2, 0.25) is 0 Å². The van der Waals surface area contributed by atoms with Crippen LogP contribution in [0.1, 0.15) is 24.0 Å². The molecule has 5 rings (SSSR count). The van der Waals surface area contributed by atoms with Gasteiger partial charge in [0.1, 0.15) is 11.9 Å². The molecular weight excluding hydrogens is 362 g/mol. The zero-order valence-corrected chi connectivity index (χ0v) is 16.6. The summed E-state index contributed by atoms with van der Waals surface area (Å²) in [6.07, 6.45) is 8.17. The summed E-state index contributed by atoms with van der Waals surface area (Å²) in [5.41, 5.74) is 3.68. The van der Waals surface area contributed by atoms with Crippen LogP contribution in [-0.4, -0.2) is 52.1 Å². The molecule has 1 saturated heterocycles. The van der Waals surface area contributed by atoms with Crippen LogP contribution in [0.15, 0.2) is 55.0 Å². The van der Waals surface area contributed by atoms with Gasteiger partial charge in [-0.25, -0.2) is 0 Å². The van der Waals surface area contributed by atoms with Gasteiger partial charge in [-0.2, -0.15) is 0 Å². The van der Waals surface area contributed by atoms with Gasteiger partial charge in [0.15, 0.2) is 0 Å². The lowest BCUT2D eigenvalue weighted by Gasteiger charge is -2.32. The quantitative estimate of drug-likeness (QED) is 0.502. The minimum atomic E-state index is -0.145. The van der Waals surface area contributed by atoms with E-state index in [9.17, 15) is 0 Å². The van der Waals surface area contributed by atoms with E-state index < -0.39 is 0 Å². The summed E-state index contributed by atoms with van der Waals surface area (Å²) < 4.78 is 8.17. The molecule has 2 N–H and O–H groups in total. The van der Waals surface area contributed by atoms with Crippen LogP contribution >= 0.6 is 0 Å². The molecule has 3 aromatic rings. The maximum absolute atomic E-state index is 8.80. The van der Waals surface area contributed by atoms with Crippen molar-refractivity contribution in [3.63, 3.8) is 0 Å². The maximum atomic E-state index is 8.80. The Kier molecular flexibility index (Phi) is 5.04. The van der Waals surface area contributed by atoms with Crippen LogP contribution in [0.5, 0.6) is 0 Å². The Hall–Kier alpha value is -2.70. The van der Waals surface area contributed by atoms with Gasteiger partial charge in [0.25, 0.3) is 0 Å².